The van der Waals surface area contributed by atoms with Crippen molar-refractivity contribution in [2.24, 2.45) is 0 Å². The number of phenols is 1. The van der Waals surface area contributed by atoms with Crippen LogP contribution in [0.2, 0.25) is 0 Å². The molecule has 1 amide bonds. The lowest BCUT2D eigenvalue weighted by Crippen LogP contribution is -2.34. The number of carbonyl (C=O) groups is 1. The summed E-state index contributed by atoms with van der Waals surface area (Å²) >= 11 is 3.06. The van der Waals surface area contributed by atoms with Crippen LogP contribution >= 0.6 is 15.9 Å². The third-order valence-electron chi connectivity index (χ3n) is 1.51. The smallest absolute Gasteiger partial charge is 0.283 e. The van der Waals surface area contributed by atoms with Gasteiger partial charge in [-0.1, -0.05) is 15.9 Å². The summed E-state index contributed by atoms with van der Waals surface area (Å²) < 4.78 is 25.1. The van der Waals surface area contributed by atoms with Gasteiger partial charge in [-0.2, -0.15) is 0 Å². The second-order valence-electron chi connectivity index (χ2n) is 2.74. The lowest BCUT2D eigenvalue weighted by molar-refractivity contribution is -0.130. The van der Waals surface area contributed by atoms with Crippen LogP contribution in [0.25, 0.3) is 0 Å². The Kier molecular flexibility index (Phi) is 3.33. The predicted molar refractivity (Wildman–Crippen MR) is 55.1 cm³/mol. The van der Waals surface area contributed by atoms with Crippen molar-refractivity contribution in [3.05, 3.63) is 22.7 Å². The molecular formula is C8H5BBrF2NO2. The van der Waals surface area contributed by atoms with E-state index in [2.05, 4.69) is 23.8 Å². The van der Waals surface area contributed by atoms with Crippen molar-refractivity contribution >= 4 is 35.4 Å². The Labute approximate surface area is 94.0 Å². The van der Waals surface area contributed by atoms with Crippen molar-refractivity contribution in [3.8, 4) is 5.75 Å². The van der Waals surface area contributed by atoms with E-state index in [1.54, 1.807) is 5.32 Å². The molecule has 1 aromatic carbocycles. The molecule has 3 nitrogen and oxygen atoms in total. The average molecular weight is 276 g/mol. The molecule has 2 N–H and O–H groups in total. The Bertz CT molecular complexity index is 395. The second-order valence-corrected chi connectivity index (χ2v) is 3.65. The van der Waals surface area contributed by atoms with Crippen LogP contribution in [0, 0.1) is 0 Å². The van der Waals surface area contributed by atoms with Crippen molar-refractivity contribution in [2.75, 3.05) is 5.32 Å². The molecule has 0 aliphatic carbocycles. The number of amides is 1. The molecule has 0 heterocycles. The molecule has 1 aromatic rings. The van der Waals surface area contributed by atoms with Gasteiger partial charge in [-0.15, -0.1) is 0 Å². The maximum Gasteiger partial charge on any atom is 0.283 e. The van der Waals surface area contributed by atoms with Gasteiger partial charge in [-0.05, 0) is 18.2 Å². The topological polar surface area (TPSA) is 49.3 Å². The number of benzene rings is 1. The fraction of sp³-hybridized carbons (Fsp3) is 0.125. The van der Waals surface area contributed by atoms with Crippen molar-refractivity contribution < 1.29 is 18.7 Å². The number of hydrogen-bond donors (Lipinski definition) is 2. The standard InChI is InChI=1S/C8H5BBrF2NO2/c9-8(11,12)7(15)13-5-2-1-4(10)3-6(5)14/h1-3,14H,(H,13,15). The Balaban J connectivity index is 2.87. The number of rotatable bonds is 2. The minimum Gasteiger partial charge on any atom is -0.506 e. The van der Waals surface area contributed by atoms with E-state index in [1.165, 1.54) is 18.2 Å². The van der Waals surface area contributed by atoms with Gasteiger partial charge in [0, 0.05) is 4.47 Å². The predicted octanol–water partition coefficient (Wildman–Crippen LogP) is 1.85. The van der Waals surface area contributed by atoms with Crippen LogP contribution in [-0.4, -0.2) is 24.7 Å². The minimum absolute atomic E-state index is 0.131. The fourth-order valence-electron chi connectivity index (χ4n) is 0.816. The first kappa shape index (κ1) is 12.0. The van der Waals surface area contributed by atoms with Gasteiger partial charge in [0.25, 0.3) is 11.7 Å². The van der Waals surface area contributed by atoms with Gasteiger partial charge >= 0.3 is 0 Å². The van der Waals surface area contributed by atoms with E-state index in [9.17, 15) is 18.7 Å². The molecule has 78 valence electrons. The highest BCUT2D eigenvalue weighted by molar-refractivity contribution is 9.10. The zero-order valence-electron chi connectivity index (χ0n) is 7.30. The normalized spacial score (nSPS) is 11.1. The van der Waals surface area contributed by atoms with E-state index >= 15 is 0 Å². The number of nitrogens with one attached hydrogen (secondary N) is 1. The van der Waals surface area contributed by atoms with Crippen molar-refractivity contribution in [1.82, 2.24) is 0 Å². The molecule has 0 atom stereocenters. The number of aromatic hydroxyl groups is 1. The summed E-state index contributed by atoms with van der Waals surface area (Å²) in [5.41, 5.74) is -0.131. The maximum atomic E-state index is 12.3. The zero-order chi connectivity index (χ0) is 11.6. The van der Waals surface area contributed by atoms with Crippen LogP contribution < -0.4 is 5.32 Å². The van der Waals surface area contributed by atoms with E-state index in [0.29, 0.717) is 4.47 Å². The summed E-state index contributed by atoms with van der Waals surface area (Å²) in [5.74, 6) is -5.98. The molecule has 7 heteroatoms. The van der Waals surface area contributed by atoms with Gasteiger partial charge in [0.2, 0.25) is 0 Å². The highest BCUT2D eigenvalue weighted by atomic mass is 79.9. The highest BCUT2D eigenvalue weighted by Gasteiger charge is 2.31. The number of hydrogen-bond acceptors (Lipinski definition) is 2. The van der Waals surface area contributed by atoms with E-state index < -0.39 is 11.7 Å². The molecular weight excluding hydrogens is 271 g/mol. The third kappa shape index (κ3) is 3.19. The lowest BCUT2D eigenvalue weighted by Gasteiger charge is -2.12. The molecule has 0 bridgehead atoms. The van der Waals surface area contributed by atoms with Crippen molar-refractivity contribution in [1.29, 1.82) is 0 Å². The number of alkyl halides is 2. The Hall–Kier alpha value is -1.11. The van der Waals surface area contributed by atoms with E-state index in [0.717, 1.165) is 0 Å². The second kappa shape index (κ2) is 4.18. The number of anilines is 1. The van der Waals surface area contributed by atoms with Crippen LogP contribution in [0.1, 0.15) is 0 Å². The number of phenolic OH excluding ortho intramolecular Hbond substituents is 1. The van der Waals surface area contributed by atoms with Gasteiger partial charge in [0.15, 0.2) is 7.85 Å². The van der Waals surface area contributed by atoms with Gasteiger partial charge < -0.3 is 10.4 Å². The summed E-state index contributed by atoms with van der Waals surface area (Å²) in [6.07, 6.45) is 0. The fourth-order valence-corrected chi connectivity index (χ4v) is 1.17. The van der Waals surface area contributed by atoms with Gasteiger partial charge in [-0.3, -0.25) is 4.79 Å². The molecule has 0 saturated heterocycles. The molecule has 1 rings (SSSR count). The van der Waals surface area contributed by atoms with Crippen molar-refractivity contribution in [2.45, 2.75) is 5.82 Å². The molecule has 0 unspecified atom stereocenters. The minimum atomic E-state index is -3.97. The lowest BCUT2D eigenvalue weighted by atomic mass is 9.98. The van der Waals surface area contributed by atoms with Crippen LogP contribution in [0.15, 0.2) is 22.7 Å². The molecule has 0 spiro atoms. The monoisotopic (exact) mass is 275 g/mol. The number of halogens is 3. The summed E-state index contributed by atoms with van der Waals surface area (Å²) in [7, 11) is 4.27. The zero-order valence-corrected chi connectivity index (χ0v) is 8.88. The van der Waals surface area contributed by atoms with E-state index in [4.69, 9.17) is 0 Å². The van der Waals surface area contributed by atoms with Gasteiger partial charge in [0.05, 0.1) is 5.69 Å². The van der Waals surface area contributed by atoms with Crippen LogP contribution in [0.5, 0.6) is 5.75 Å². The Morgan fingerprint density at radius 1 is 1.53 bits per heavy atom. The molecule has 0 aliphatic heterocycles. The highest BCUT2D eigenvalue weighted by Crippen LogP contribution is 2.27. The summed E-state index contributed by atoms with van der Waals surface area (Å²) in [5, 5.41) is 11.1. The number of carbonyl (C=O) groups excluding carboxylic acids is 1. The molecule has 0 fully saturated rings. The summed E-state index contributed by atoms with van der Waals surface area (Å²) in [4.78, 5) is 10.8. The van der Waals surface area contributed by atoms with E-state index in [-0.39, 0.29) is 11.4 Å². The van der Waals surface area contributed by atoms with E-state index in [1.807, 2.05) is 0 Å². The van der Waals surface area contributed by atoms with Gasteiger partial charge in [0.1, 0.15) is 5.75 Å². The first-order valence-electron chi connectivity index (χ1n) is 3.77. The molecule has 2 radical (unpaired) electrons. The Morgan fingerprint density at radius 3 is 2.60 bits per heavy atom. The molecule has 0 aromatic heterocycles. The average Bonchev–Trinajstić information content (AvgIpc) is 2.08. The Morgan fingerprint density at radius 2 is 2.13 bits per heavy atom. The molecule has 0 aliphatic rings. The first-order chi connectivity index (χ1) is 6.80. The van der Waals surface area contributed by atoms with Crippen LogP contribution in [0.4, 0.5) is 14.5 Å². The quantitative estimate of drug-likeness (QED) is 0.639. The molecule has 0 saturated carbocycles. The molecule has 15 heavy (non-hydrogen) atoms. The summed E-state index contributed by atoms with van der Waals surface area (Å²) in [6, 6.07) is 4.00. The largest absolute Gasteiger partial charge is 0.506 e. The van der Waals surface area contributed by atoms with Crippen LogP contribution in [-0.2, 0) is 4.79 Å². The maximum absolute atomic E-state index is 12.3. The van der Waals surface area contributed by atoms with Gasteiger partial charge in [-0.25, -0.2) is 8.78 Å². The third-order valence-corrected chi connectivity index (χ3v) is 2.00. The summed E-state index contributed by atoms with van der Waals surface area (Å²) in [6.45, 7) is 0. The van der Waals surface area contributed by atoms with Crippen molar-refractivity contribution in [3.63, 3.8) is 0 Å². The SMILES string of the molecule is [B]C(F)(F)C(=O)Nc1ccc(Br)cc1O. The first-order valence-corrected chi connectivity index (χ1v) is 4.56. The van der Waals surface area contributed by atoms with Crippen LogP contribution in [0.3, 0.4) is 0 Å².